The van der Waals surface area contributed by atoms with E-state index in [9.17, 15) is 5.11 Å². The van der Waals surface area contributed by atoms with Crippen LogP contribution >= 0.6 is 0 Å². The van der Waals surface area contributed by atoms with Gasteiger partial charge in [0.25, 0.3) is 0 Å². The summed E-state index contributed by atoms with van der Waals surface area (Å²) in [7, 11) is 0. The van der Waals surface area contributed by atoms with Crippen molar-refractivity contribution >= 4 is 17.6 Å². The van der Waals surface area contributed by atoms with Crippen LogP contribution in [-0.4, -0.2) is 15.9 Å². The molecule has 2 heterocycles. The number of benzene rings is 1. The first-order valence-electron chi connectivity index (χ1n) is 6.53. The molecule has 0 aliphatic carbocycles. The van der Waals surface area contributed by atoms with E-state index in [-0.39, 0.29) is 5.88 Å². The molecule has 0 amide bonds. The highest BCUT2D eigenvalue weighted by atomic mass is 16.3. The number of nitrogens with one attached hydrogen (secondary N) is 1. The first-order valence-corrected chi connectivity index (χ1v) is 6.53. The van der Waals surface area contributed by atoms with Crippen LogP contribution in [0.15, 0.2) is 53.5 Å². The van der Waals surface area contributed by atoms with E-state index in [4.69, 9.17) is 0 Å². The Labute approximate surface area is 117 Å². The van der Waals surface area contributed by atoms with Gasteiger partial charge in [-0.1, -0.05) is 36.4 Å². The molecule has 3 rings (SSSR count). The van der Waals surface area contributed by atoms with Gasteiger partial charge in [-0.05, 0) is 17.7 Å². The fourth-order valence-corrected chi connectivity index (χ4v) is 2.09. The Morgan fingerprint density at radius 1 is 1.10 bits per heavy atom. The van der Waals surface area contributed by atoms with Crippen molar-refractivity contribution in [2.24, 2.45) is 4.99 Å². The van der Waals surface area contributed by atoms with E-state index >= 15 is 0 Å². The van der Waals surface area contributed by atoms with Crippen LogP contribution in [0.4, 0.5) is 5.69 Å². The van der Waals surface area contributed by atoms with Crippen LogP contribution < -0.4 is 5.32 Å². The van der Waals surface area contributed by atoms with Gasteiger partial charge < -0.3 is 10.4 Å². The Hall–Kier alpha value is -2.62. The molecule has 2 aromatic rings. The molecule has 4 nitrogen and oxygen atoms in total. The lowest BCUT2D eigenvalue weighted by atomic mass is 10.2. The largest absolute Gasteiger partial charge is 0.493 e. The van der Waals surface area contributed by atoms with E-state index in [1.54, 1.807) is 12.1 Å². The Kier molecular flexibility index (Phi) is 3.46. The third-order valence-corrected chi connectivity index (χ3v) is 3.07. The van der Waals surface area contributed by atoms with Gasteiger partial charge in [0.2, 0.25) is 5.88 Å². The maximum atomic E-state index is 9.34. The van der Waals surface area contributed by atoms with Gasteiger partial charge in [-0.2, -0.15) is 0 Å². The molecule has 0 atom stereocenters. The van der Waals surface area contributed by atoms with Crippen molar-refractivity contribution in [2.75, 3.05) is 0 Å². The van der Waals surface area contributed by atoms with Gasteiger partial charge in [0.05, 0.1) is 17.9 Å². The number of hydrogen-bond acceptors (Lipinski definition) is 4. The molecule has 0 fully saturated rings. The molecular formula is C16H15N3O. The second-order valence-corrected chi connectivity index (χ2v) is 4.56. The lowest BCUT2D eigenvalue weighted by Crippen LogP contribution is -2.22. The molecule has 0 unspecified atom stereocenters. The van der Waals surface area contributed by atoms with E-state index in [0.717, 1.165) is 29.2 Å². The minimum Gasteiger partial charge on any atom is -0.493 e. The van der Waals surface area contributed by atoms with Crippen molar-refractivity contribution in [1.29, 1.82) is 0 Å². The number of amidine groups is 1. The number of aliphatic imine (C=N–C) groups is 1. The zero-order valence-corrected chi connectivity index (χ0v) is 11.0. The molecule has 1 aromatic heterocycles. The monoisotopic (exact) mass is 265 g/mol. The standard InChI is InChI=1S/C16H15N3O/c20-16-10-4-7-13(18-16)11-17-15-9-3-6-12-5-1-2-8-14(12)19-15/h1-8,10H,9,11H2,(H,17,19)(H,18,20). The Balaban J connectivity index is 1.75. The third kappa shape index (κ3) is 2.85. The lowest BCUT2D eigenvalue weighted by molar-refractivity contribution is 0.450. The molecule has 1 aromatic carbocycles. The number of hydrogen-bond donors (Lipinski definition) is 2. The average molecular weight is 265 g/mol. The highest BCUT2D eigenvalue weighted by molar-refractivity contribution is 5.89. The number of aromatic hydroxyl groups is 1. The zero-order valence-electron chi connectivity index (χ0n) is 11.0. The Bertz CT molecular complexity index is 677. The molecule has 4 heteroatoms. The van der Waals surface area contributed by atoms with E-state index in [0.29, 0.717) is 6.54 Å². The molecule has 0 radical (unpaired) electrons. The minimum atomic E-state index is 0.0392. The van der Waals surface area contributed by atoms with Gasteiger partial charge in [-0.3, -0.25) is 0 Å². The lowest BCUT2D eigenvalue weighted by Gasteiger charge is -2.07. The molecule has 2 N–H and O–H groups in total. The van der Waals surface area contributed by atoms with Crippen molar-refractivity contribution < 1.29 is 5.11 Å². The topological polar surface area (TPSA) is 57.5 Å². The van der Waals surface area contributed by atoms with Crippen molar-refractivity contribution in [2.45, 2.75) is 13.0 Å². The number of rotatable bonds is 2. The quantitative estimate of drug-likeness (QED) is 0.877. The number of nitrogens with zero attached hydrogens (tertiary/aromatic N) is 2. The fraction of sp³-hybridized carbons (Fsp3) is 0.125. The second kappa shape index (κ2) is 5.57. The third-order valence-electron chi connectivity index (χ3n) is 3.07. The highest BCUT2D eigenvalue weighted by Gasteiger charge is 2.05. The van der Waals surface area contributed by atoms with Crippen molar-refractivity contribution in [3.63, 3.8) is 0 Å². The smallest absolute Gasteiger partial charge is 0.210 e. The Morgan fingerprint density at radius 3 is 2.90 bits per heavy atom. The maximum Gasteiger partial charge on any atom is 0.210 e. The van der Waals surface area contributed by atoms with Crippen LogP contribution in [0, 0.1) is 0 Å². The van der Waals surface area contributed by atoms with E-state index in [1.807, 2.05) is 24.3 Å². The normalized spacial score (nSPS) is 13.3. The van der Waals surface area contributed by atoms with Crippen LogP contribution in [0.2, 0.25) is 0 Å². The first-order chi connectivity index (χ1) is 9.81. The molecule has 0 saturated heterocycles. The predicted octanol–water partition coefficient (Wildman–Crippen LogP) is 3.02. The molecule has 0 saturated carbocycles. The van der Waals surface area contributed by atoms with E-state index in [2.05, 4.69) is 33.5 Å². The SMILES string of the molecule is Oc1cccc(CNC2=Nc3ccccc3C=CC2)n1. The molecule has 0 bridgehead atoms. The van der Waals surface area contributed by atoms with E-state index in [1.165, 1.54) is 0 Å². The van der Waals surface area contributed by atoms with Gasteiger partial charge >= 0.3 is 0 Å². The van der Waals surface area contributed by atoms with E-state index < -0.39 is 0 Å². The summed E-state index contributed by atoms with van der Waals surface area (Å²) in [4.78, 5) is 8.67. The summed E-state index contributed by atoms with van der Waals surface area (Å²) in [6.07, 6.45) is 4.93. The Morgan fingerprint density at radius 2 is 2.00 bits per heavy atom. The first kappa shape index (κ1) is 12.4. The van der Waals surface area contributed by atoms with Gasteiger partial charge in [0.1, 0.15) is 5.84 Å². The summed E-state index contributed by atoms with van der Waals surface area (Å²) in [5.74, 6) is 0.939. The number of pyridine rings is 1. The summed E-state index contributed by atoms with van der Waals surface area (Å²) in [6.45, 7) is 0.545. The number of para-hydroxylation sites is 1. The van der Waals surface area contributed by atoms with Crippen LogP contribution in [0.25, 0.3) is 6.08 Å². The number of fused-ring (bicyclic) bond motifs is 1. The summed E-state index contributed by atoms with van der Waals surface area (Å²) in [5.41, 5.74) is 2.88. The van der Waals surface area contributed by atoms with Crippen molar-refractivity contribution in [3.05, 3.63) is 59.8 Å². The zero-order chi connectivity index (χ0) is 13.8. The highest BCUT2D eigenvalue weighted by Crippen LogP contribution is 2.23. The van der Waals surface area contributed by atoms with Crippen molar-refractivity contribution in [3.8, 4) is 5.88 Å². The molecule has 1 aliphatic rings. The van der Waals surface area contributed by atoms with Gasteiger partial charge in [-0.25, -0.2) is 9.98 Å². The van der Waals surface area contributed by atoms with Gasteiger partial charge in [-0.15, -0.1) is 0 Å². The molecular weight excluding hydrogens is 250 g/mol. The number of aromatic nitrogens is 1. The molecule has 0 spiro atoms. The molecule has 100 valence electrons. The van der Waals surface area contributed by atoms with Crippen LogP contribution in [-0.2, 0) is 6.54 Å². The summed E-state index contributed by atoms with van der Waals surface area (Å²) in [6, 6.07) is 13.3. The summed E-state index contributed by atoms with van der Waals surface area (Å²) in [5, 5.41) is 12.6. The molecule has 20 heavy (non-hydrogen) atoms. The van der Waals surface area contributed by atoms with Crippen LogP contribution in [0.1, 0.15) is 17.7 Å². The van der Waals surface area contributed by atoms with Crippen LogP contribution in [0.5, 0.6) is 5.88 Å². The fourth-order valence-electron chi connectivity index (χ4n) is 2.09. The second-order valence-electron chi connectivity index (χ2n) is 4.56. The van der Waals surface area contributed by atoms with Crippen LogP contribution in [0.3, 0.4) is 0 Å². The van der Waals surface area contributed by atoms with Crippen molar-refractivity contribution in [1.82, 2.24) is 10.3 Å². The summed E-state index contributed by atoms with van der Waals surface area (Å²) >= 11 is 0. The minimum absolute atomic E-state index is 0.0392. The average Bonchev–Trinajstić information content (AvgIpc) is 2.67. The molecule has 1 aliphatic heterocycles. The van der Waals surface area contributed by atoms with Gasteiger partial charge in [0, 0.05) is 12.5 Å². The maximum absolute atomic E-state index is 9.34. The van der Waals surface area contributed by atoms with Gasteiger partial charge in [0.15, 0.2) is 0 Å². The summed E-state index contributed by atoms with van der Waals surface area (Å²) < 4.78 is 0. The predicted molar refractivity (Wildman–Crippen MR) is 79.9 cm³/mol.